The van der Waals surface area contributed by atoms with Crippen molar-refractivity contribution in [3.63, 3.8) is 0 Å². The first kappa shape index (κ1) is 15.3. The van der Waals surface area contributed by atoms with Gasteiger partial charge in [0.2, 0.25) is 0 Å². The second kappa shape index (κ2) is 7.07. The summed E-state index contributed by atoms with van der Waals surface area (Å²) >= 11 is 0. The molecule has 2 atom stereocenters. The molecule has 2 unspecified atom stereocenters. The number of halogens is 1. The van der Waals surface area contributed by atoms with Gasteiger partial charge < -0.3 is 10.1 Å². The van der Waals surface area contributed by atoms with Crippen molar-refractivity contribution in [1.82, 2.24) is 5.32 Å². The van der Waals surface area contributed by atoms with E-state index in [9.17, 15) is 0 Å². The van der Waals surface area contributed by atoms with Gasteiger partial charge in [-0.2, -0.15) is 0 Å². The second-order valence-corrected chi connectivity index (χ2v) is 5.89. The number of piperidine rings is 1. The van der Waals surface area contributed by atoms with Crippen LogP contribution in [0.3, 0.4) is 0 Å². The first-order valence-electron chi connectivity index (χ1n) is 7.78. The molecule has 1 aliphatic rings. The monoisotopic (exact) mass is 279 g/mol. The molecule has 1 heterocycles. The maximum atomic E-state index is 15.2. The van der Waals surface area contributed by atoms with Gasteiger partial charge in [0.05, 0.1) is 6.61 Å². The van der Waals surface area contributed by atoms with Gasteiger partial charge in [-0.05, 0) is 38.8 Å². The maximum absolute atomic E-state index is 15.2. The van der Waals surface area contributed by atoms with Crippen molar-refractivity contribution in [2.24, 2.45) is 0 Å². The van der Waals surface area contributed by atoms with Gasteiger partial charge in [0, 0.05) is 18.0 Å². The number of hydrogen-bond donors (Lipinski definition) is 1. The molecule has 1 N–H and O–H groups in total. The van der Waals surface area contributed by atoms with Crippen LogP contribution in [0.2, 0.25) is 0 Å². The predicted molar refractivity (Wildman–Crippen MR) is 80.9 cm³/mol. The van der Waals surface area contributed by atoms with Gasteiger partial charge in [-0.3, -0.25) is 0 Å². The van der Waals surface area contributed by atoms with Crippen molar-refractivity contribution >= 4 is 0 Å². The molecule has 0 amide bonds. The lowest BCUT2D eigenvalue weighted by atomic mass is 9.87. The highest BCUT2D eigenvalue weighted by molar-refractivity contribution is 5.37. The van der Waals surface area contributed by atoms with Gasteiger partial charge >= 0.3 is 0 Å². The summed E-state index contributed by atoms with van der Waals surface area (Å²) in [5.41, 5.74) is -0.667. The van der Waals surface area contributed by atoms with Crippen LogP contribution in [0.1, 0.15) is 51.5 Å². The molecule has 1 aromatic rings. The summed E-state index contributed by atoms with van der Waals surface area (Å²) in [5.74, 6) is 0.690. The second-order valence-electron chi connectivity index (χ2n) is 5.89. The van der Waals surface area contributed by atoms with Crippen LogP contribution in [0.25, 0.3) is 0 Å². The molecule has 0 aliphatic carbocycles. The smallest absolute Gasteiger partial charge is 0.138 e. The van der Waals surface area contributed by atoms with Crippen molar-refractivity contribution < 1.29 is 9.13 Å². The van der Waals surface area contributed by atoms with E-state index in [1.165, 1.54) is 12.8 Å². The Labute approximate surface area is 121 Å². The summed E-state index contributed by atoms with van der Waals surface area (Å²) < 4.78 is 20.9. The molecule has 3 heteroatoms. The van der Waals surface area contributed by atoms with E-state index in [0.29, 0.717) is 24.3 Å². The molecular weight excluding hydrogens is 253 g/mol. The Bertz CT molecular complexity index is 413. The van der Waals surface area contributed by atoms with Crippen LogP contribution in [-0.4, -0.2) is 19.2 Å². The van der Waals surface area contributed by atoms with E-state index in [2.05, 4.69) is 12.2 Å². The van der Waals surface area contributed by atoms with Gasteiger partial charge in [0.25, 0.3) is 0 Å². The number of hydrogen-bond acceptors (Lipinski definition) is 2. The first-order chi connectivity index (χ1) is 9.63. The highest BCUT2D eigenvalue weighted by atomic mass is 19.1. The van der Waals surface area contributed by atoms with E-state index < -0.39 is 5.67 Å². The fourth-order valence-electron chi connectivity index (χ4n) is 2.91. The van der Waals surface area contributed by atoms with Gasteiger partial charge in [0.15, 0.2) is 0 Å². The Hall–Kier alpha value is -1.09. The lowest BCUT2D eigenvalue weighted by Crippen LogP contribution is -2.38. The molecule has 0 bridgehead atoms. The predicted octanol–water partition coefficient (Wildman–Crippen LogP) is 4.19. The third kappa shape index (κ3) is 3.95. The Morgan fingerprint density at radius 1 is 1.35 bits per heavy atom. The SMILES string of the molecule is CCCOc1ccccc1C(C)(F)CC1CCCCN1. The van der Waals surface area contributed by atoms with E-state index in [4.69, 9.17) is 4.74 Å². The van der Waals surface area contributed by atoms with E-state index in [0.717, 1.165) is 19.4 Å². The first-order valence-corrected chi connectivity index (χ1v) is 7.78. The van der Waals surface area contributed by atoms with Crippen LogP contribution >= 0.6 is 0 Å². The van der Waals surface area contributed by atoms with Crippen LogP contribution in [0.15, 0.2) is 24.3 Å². The molecule has 0 spiro atoms. The molecule has 0 radical (unpaired) electrons. The molecule has 1 aliphatic heterocycles. The summed E-state index contributed by atoms with van der Waals surface area (Å²) in [6, 6.07) is 7.80. The molecule has 20 heavy (non-hydrogen) atoms. The standard InChI is InChI=1S/C17H26FNO/c1-3-12-20-16-10-5-4-9-15(16)17(2,18)13-14-8-6-7-11-19-14/h4-5,9-10,14,19H,3,6-8,11-13H2,1-2H3. The zero-order chi connectivity index (χ0) is 14.4. The zero-order valence-corrected chi connectivity index (χ0v) is 12.6. The molecule has 1 saturated heterocycles. The normalized spacial score (nSPS) is 22.2. The number of alkyl halides is 1. The number of nitrogens with one attached hydrogen (secondary N) is 1. The minimum atomic E-state index is -1.35. The van der Waals surface area contributed by atoms with Crippen molar-refractivity contribution in [3.05, 3.63) is 29.8 Å². The van der Waals surface area contributed by atoms with Crippen molar-refractivity contribution in [1.29, 1.82) is 0 Å². The maximum Gasteiger partial charge on any atom is 0.138 e. The van der Waals surface area contributed by atoms with E-state index in [1.54, 1.807) is 6.92 Å². The summed E-state index contributed by atoms with van der Waals surface area (Å²) in [4.78, 5) is 0. The Morgan fingerprint density at radius 2 is 2.15 bits per heavy atom. The van der Waals surface area contributed by atoms with Crippen LogP contribution in [-0.2, 0) is 5.67 Å². The molecule has 0 saturated carbocycles. The number of benzene rings is 1. The minimum Gasteiger partial charge on any atom is -0.493 e. The molecule has 2 rings (SSSR count). The molecule has 2 nitrogen and oxygen atoms in total. The largest absolute Gasteiger partial charge is 0.493 e. The van der Waals surface area contributed by atoms with E-state index in [1.807, 2.05) is 24.3 Å². The third-order valence-electron chi connectivity index (χ3n) is 3.95. The number of rotatable bonds is 6. The number of para-hydroxylation sites is 1. The van der Waals surface area contributed by atoms with Crippen molar-refractivity contribution in [2.45, 2.75) is 57.7 Å². The van der Waals surface area contributed by atoms with Crippen LogP contribution in [0, 0.1) is 0 Å². The Kier molecular flexibility index (Phi) is 5.41. The molecule has 1 aromatic carbocycles. The van der Waals surface area contributed by atoms with Gasteiger partial charge in [0.1, 0.15) is 11.4 Å². The third-order valence-corrected chi connectivity index (χ3v) is 3.95. The molecule has 112 valence electrons. The van der Waals surface area contributed by atoms with Gasteiger partial charge in [-0.15, -0.1) is 0 Å². The average molecular weight is 279 g/mol. The summed E-state index contributed by atoms with van der Waals surface area (Å²) in [7, 11) is 0. The zero-order valence-electron chi connectivity index (χ0n) is 12.6. The Balaban J connectivity index is 2.10. The van der Waals surface area contributed by atoms with E-state index >= 15 is 4.39 Å². The molecule has 0 aromatic heterocycles. The van der Waals surface area contributed by atoms with Gasteiger partial charge in [-0.1, -0.05) is 31.5 Å². The van der Waals surface area contributed by atoms with E-state index in [-0.39, 0.29) is 6.04 Å². The quantitative estimate of drug-likeness (QED) is 0.843. The molecule has 1 fully saturated rings. The van der Waals surface area contributed by atoms with Crippen LogP contribution in [0.4, 0.5) is 4.39 Å². The minimum absolute atomic E-state index is 0.276. The number of ether oxygens (including phenoxy) is 1. The molecular formula is C17H26FNO. The summed E-state index contributed by atoms with van der Waals surface area (Å²) in [6.07, 6.45) is 4.91. The summed E-state index contributed by atoms with van der Waals surface area (Å²) in [6.45, 7) is 5.38. The topological polar surface area (TPSA) is 21.3 Å². The van der Waals surface area contributed by atoms with Crippen molar-refractivity contribution in [2.75, 3.05) is 13.2 Å². The van der Waals surface area contributed by atoms with Gasteiger partial charge in [-0.25, -0.2) is 4.39 Å². The van der Waals surface area contributed by atoms with Crippen LogP contribution < -0.4 is 10.1 Å². The lowest BCUT2D eigenvalue weighted by Gasteiger charge is -2.31. The Morgan fingerprint density at radius 3 is 2.85 bits per heavy atom. The highest BCUT2D eigenvalue weighted by Crippen LogP contribution is 2.37. The van der Waals surface area contributed by atoms with Crippen molar-refractivity contribution in [3.8, 4) is 5.75 Å². The summed E-state index contributed by atoms with van der Waals surface area (Å²) in [5, 5.41) is 3.43. The fourth-order valence-corrected chi connectivity index (χ4v) is 2.91. The average Bonchev–Trinajstić information content (AvgIpc) is 2.46. The lowest BCUT2D eigenvalue weighted by molar-refractivity contribution is 0.140. The van der Waals surface area contributed by atoms with Crippen LogP contribution in [0.5, 0.6) is 5.75 Å². The highest BCUT2D eigenvalue weighted by Gasteiger charge is 2.32. The fraction of sp³-hybridized carbons (Fsp3) is 0.647.